The van der Waals surface area contributed by atoms with E-state index >= 15 is 0 Å². The molecule has 0 saturated heterocycles. The maximum atomic E-state index is 13.4. The van der Waals surface area contributed by atoms with Crippen molar-refractivity contribution in [1.29, 1.82) is 0 Å². The molecule has 0 bridgehead atoms. The van der Waals surface area contributed by atoms with Gasteiger partial charge in [0.15, 0.2) is 0 Å². The zero-order chi connectivity index (χ0) is 21.3. The van der Waals surface area contributed by atoms with E-state index in [9.17, 15) is 13.6 Å². The highest BCUT2D eigenvalue weighted by Crippen LogP contribution is 2.33. The Balaban J connectivity index is 1.59. The summed E-state index contributed by atoms with van der Waals surface area (Å²) in [4.78, 5) is 19.7. The minimum Gasteiger partial charge on any atom is -0.404 e. The Kier molecular flexibility index (Phi) is 5.72. The van der Waals surface area contributed by atoms with E-state index in [1.165, 1.54) is 36.5 Å². The van der Waals surface area contributed by atoms with Gasteiger partial charge in [0.1, 0.15) is 11.6 Å². The molecule has 3 N–H and O–H groups in total. The predicted octanol–water partition coefficient (Wildman–Crippen LogP) is 4.83. The second-order valence-corrected chi connectivity index (χ2v) is 7.82. The predicted molar refractivity (Wildman–Crippen MR) is 115 cm³/mol. The van der Waals surface area contributed by atoms with Crippen LogP contribution in [0.3, 0.4) is 0 Å². The molecule has 0 radical (unpaired) electrons. The first-order chi connectivity index (χ1) is 14.5. The van der Waals surface area contributed by atoms with Crippen LogP contribution in [0.1, 0.15) is 24.8 Å². The van der Waals surface area contributed by atoms with Crippen molar-refractivity contribution in [2.75, 3.05) is 11.9 Å². The standard InChI is InChI=1S/C22H21ClF2N4O/c23-17-10-15(8-9-18(17)25)27-22(30)29-12-20(28-19-2-1-3-21(19)29)16(11-26)13-4-6-14(24)7-5-13/h4-11,19,21H,1-3,12,26H2,(H,27,30)/t19-,21+/m0/s1. The molecule has 2 aliphatic rings. The molecule has 1 heterocycles. The van der Waals surface area contributed by atoms with Gasteiger partial charge in [-0.25, -0.2) is 13.6 Å². The molecule has 4 rings (SSSR count). The normalized spacial score (nSPS) is 21.2. The van der Waals surface area contributed by atoms with E-state index in [4.69, 9.17) is 22.3 Å². The number of hydrogen-bond acceptors (Lipinski definition) is 3. The number of hydrogen-bond donors (Lipinski definition) is 2. The SMILES string of the molecule is NC=C(C1=N[C@H]2CCC[C@H]2N(C(=O)Nc2ccc(F)c(Cl)c2)C1)c1ccc(F)cc1. The van der Waals surface area contributed by atoms with Crippen molar-refractivity contribution in [3.8, 4) is 0 Å². The number of anilines is 1. The fourth-order valence-corrected chi connectivity index (χ4v) is 4.27. The fourth-order valence-electron chi connectivity index (χ4n) is 4.09. The first-order valence-corrected chi connectivity index (χ1v) is 10.1. The molecule has 30 heavy (non-hydrogen) atoms. The molecule has 1 aliphatic heterocycles. The number of carbonyl (C=O) groups is 1. The van der Waals surface area contributed by atoms with E-state index in [2.05, 4.69) is 5.32 Å². The second kappa shape index (κ2) is 8.44. The Labute approximate surface area is 178 Å². The molecular formula is C22H21ClF2N4O. The number of urea groups is 1. The van der Waals surface area contributed by atoms with Crippen molar-refractivity contribution >= 4 is 34.6 Å². The highest BCUT2D eigenvalue weighted by molar-refractivity contribution is 6.31. The molecule has 8 heteroatoms. The second-order valence-electron chi connectivity index (χ2n) is 7.42. The molecule has 1 saturated carbocycles. The minimum atomic E-state index is -0.546. The fraction of sp³-hybridized carbons (Fsp3) is 0.273. The summed E-state index contributed by atoms with van der Waals surface area (Å²) in [5.41, 5.74) is 8.38. The van der Waals surface area contributed by atoms with Crippen LogP contribution in [0, 0.1) is 11.6 Å². The van der Waals surface area contributed by atoms with Crippen LogP contribution in [-0.2, 0) is 0 Å². The molecule has 1 fully saturated rings. The summed E-state index contributed by atoms with van der Waals surface area (Å²) in [5.74, 6) is -0.884. The molecule has 156 valence electrons. The van der Waals surface area contributed by atoms with Gasteiger partial charge in [-0.15, -0.1) is 0 Å². The Morgan fingerprint density at radius 1 is 1.20 bits per heavy atom. The van der Waals surface area contributed by atoms with Crippen molar-refractivity contribution in [1.82, 2.24) is 4.90 Å². The molecule has 0 unspecified atom stereocenters. The van der Waals surface area contributed by atoms with E-state index in [0.717, 1.165) is 24.8 Å². The van der Waals surface area contributed by atoms with Gasteiger partial charge in [-0.2, -0.15) is 0 Å². The van der Waals surface area contributed by atoms with Crippen LogP contribution in [0.25, 0.3) is 5.57 Å². The first kappa shape index (κ1) is 20.3. The molecule has 0 aromatic heterocycles. The summed E-state index contributed by atoms with van der Waals surface area (Å²) in [6.45, 7) is 0.266. The van der Waals surface area contributed by atoms with Crippen LogP contribution >= 0.6 is 11.6 Å². The quantitative estimate of drug-likeness (QED) is 0.732. The number of nitrogens with zero attached hydrogens (tertiary/aromatic N) is 2. The van der Waals surface area contributed by atoms with Gasteiger partial charge in [0.05, 0.1) is 29.4 Å². The lowest BCUT2D eigenvalue weighted by Gasteiger charge is -2.37. The zero-order valence-electron chi connectivity index (χ0n) is 16.1. The summed E-state index contributed by atoms with van der Waals surface area (Å²) < 4.78 is 26.7. The van der Waals surface area contributed by atoms with Gasteiger partial charge < -0.3 is 16.0 Å². The molecular weight excluding hydrogens is 410 g/mol. The van der Waals surface area contributed by atoms with Crippen molar-refractivity contribution < 1.29 is 13.6 Å². The van der Waals surface area contributed by atoms with Gasteiger partial charge in [0.25, 0.3) is 0 Å². The molecule has 2 amide bonds. The van der Waals surface area contributed by atoms with Gasteiger partial charge >= 0.3 is 6.03 Å². The topological polar surface area (TPSA) is 70.7 Å². The number of amides is 2. The summed E-state index contributed by atoms with van der Waals surface area (Å²) >= 11 is 5.83. The molecule has 5 nitrogen and oxygen atoms in total. The van der Waals surface area contributed by atoms with Crippen molar-refractivity contribution in [2.24, 2.45) is 10.7 Å². The number of nitrogens with two attached hydrogens (primary N) is 1. The van der Waals surface area contributed by atoms with E-state index < -0.39 is 5.82 Å². The molecule has 1 aliphatic carbocycles. The zero-order valence-corrected chi connectivity index (χ0v) is 16.9. The largest absolute Gasteiger partial charge is 0.404 e. The lowest BCUT2D eigenvalue weighted by molar-refractivity contribution is 0.190. The van der Waals surface area contributed by atoms with Crippen LogP contribution in [-0.4, -0.2) is 35.3 Å². The third-order valence-electron chi connectivity index (χ3n) is 5.55. The third-order valence-corrected chi connectivity index (χ3v) is 5.84. The van der Waals surface area contributed by atoms with E-state index in [1.54, 1.807) is 17.0 Å². The van der Waals surface area contributed by atoms with Crippen LogP contribution < -0.4 is 11.1 Å². The number of aliphatic imine (C=N–C) groups is 1. The summed E-state index contributed by atoms with van der Waals surface area (Å²) in [6.07, 6.45) is 4.15. The van der Waals surface area contributed by atoms with Crippen molar-refractivity contribution in [3.63, 3.8) is 0 Å². The highest BCUT2D eigenvalue weighted by Gasteiger charge is 2.39. The third kappa shape index (κ3) is 4.03. The number of fused-ring (bicyclic) bond motifs is 1. The van der Waals surface area contributed by atoms with Gasteiger partial charge in [0.2, 0.25) is 0 Å². The average molecular weight is 431 g/mol. The van der Waals surface area contributed by atoms with Gasteiger partial charge in [0, 0.05) is 17.5 Å². The molecule has 2 aromatic carbocycles. The van der Waals surface area contributed by atoms with Crippen molar-refractivity contribution in [2.45, 2.75) is 31.3 Å². The smallest absolute Gasteiger partial charge is 0.322 e. The van der Waals surface area contributed by atoms with Crippen LogP contribution in [0.4, 0.5) is 19.3 Å². The van der Waals surface area contributed by atoms with Crippen LogP contribution in [0.5, 0.6) is 0 Å². The summed E-state index contributed by atoms with van der Waals surface area (Å²) in [5, 5.41) is 2.74. The lowest BCUT2D eigenvalue weighted by Crippen LogP contribution is -2.51. The van der Waals surface area contributed by atoms with Crippen molar-refractivity contribution in [3.05, 3.63) is 70.9 Å². The maximum Gasteiger partial charge on any atom is 0.322 e. The molecule has 2 atom stereocenters. The Morgan fingerprint density at radius 3 is 2.67 bits per heavy atom. The van der Waals surface area contributed by atoms with Gasteiger partial charge in [-0.1, -0.05) is 23.7 Å². The number of halogens is 3. The Hall–Kier alpha value is -2.93. The van der Waals surface area contributed by atoms with E-state index in [-0.39, 0.29) is 35.5 Å². The minimum absolute atomic E-state index is 0.0167. The summed E-state index contributed by atoms with van der Waals surface area (Å²) in [7, 11) is 0. The van der Waals surface area contributed by atoms with E-state index in [1.807, 2.05) is 0 Å². The Morgan fingerprint density at radius 2 is 1.97 bits per heavy atom. The summed E-state index contributed by atoms with van der Waals surface area (Å²) in [6, 6.07) is 9.72. The number of nitrogens with one attached hydrogen (secondary N) is 1. The van der Waals surface area contributed by atoms with E-state index in [0.29, 0.717) is 17.0 Å². The van der Waals surface area contributed by atoms with Gasteiger partial charge in [-0.05, 0) is 55.2 Å². The first-order valence-electron chi connectivity index (χ1n) is 9.74. The number of benzene rings is 2. The number of carbonyl (C=O) groups excluding carboxylic acids is 1. The monoisotopic (exact) mass is 430 g/mol. The average Bonchev–Trinajstić information content (AvgIpc) is 3.21. The van der Waals surface area contributed by atoms with Crippen LogP contribution in [0.15, 0.2) is 53.7 Å². The number of rotatable bonds is 3. The molecule has 0 spiro atoms. The maximum absolute atomic E-state index is 13.4. The van der Waals surface area contributed by atoms with Crippen LogP contribution in [0.2, 0.25) is 5.02 Å². The Bertz CT molecular complexity index is 1020. The van der Waals surface area contributed by atoms with Gasteiger partial charge in [-0.3, -0.25) is 4.99 Å². The lowest BCUT2D eigenvalue weighted by atomic mass is 9.98. The molecule has 2 aromatic rings. The highest BCUT2D eigenvalue weighted by atomic mass is 35.5.